The third-order valence-corrected chi connectivity index (χ3v) is 2.92. The molecule has 1 rings (SSSR count). The van der Waals surface area contributed by atoms with E-state index in [-0.39, 0.29) is 0 Å². The van der Waals surface area contributed by atoms with Crippen molar-refractivity contribution in [2.45, 2.75) is 6.42 Å². The largest absolute Gasteiger partial charge is 0.307 e. The molecule has 0 aliphatic heterocycles. The lowest BCUT2D eigenvalue weighted by atomic mass is 10.1. The molecule has 3 heteroatoms. The fourth-order valence-electron chi connectivity index (χ4n) is 1.36. The second kappa shape index (κ2) is 6.17. The van der Waals surface area contributed by atoms with Crippen molar-refractivity contribution < 1.29 is 0 Å². The highest BCUT2D eigenvalue weighted by atomic mass is 79.9. The summed E-state index contributed by atoms with van der Waals surface area (Å²) >= 11 is 3.55. The summed E-state index contributed by atoms with van der Waals surface area (Å²) in [4.78, 5) is 2.26. The molecule has 1 N–H and O–H groups in total. The molecule has 0 heterocycles. The average Bonchev–Trinajstić information content (AvgIpc) is 2.17. The maximum absolute atomic E-state index is 3.55. The zero-order valence-electron chi connectivity index (χ0n) is 8.76. The Balaban J connectivity index is 2.41. The molecule has 0 atom stereocenters. The summed E-state index contributed by atoms with van der Waals surface area (Å²) in [6.07, 6.45) is 1.08. The highest BCUT2D eigenvalue weighted by Gasteiger charge is 2.00. The minimum Gasteiger partial charge on any atom is -0.307 e. The Labute approximate surface area is 94.4 Å². The molecule has 0 amide bonds. The van der Waals surface area contributed by atoms with Crippen molar-refractivity contribution in [1.29, 1.82) is 0 Å². The molecule has 14 heavy (non-hydrogen) atoms. The third kappa shape index (κ3) is 3.78. The van der Waals surface area contributed by atoms with Crippen LogP contribution in [0.2, 0.25) is 0 Å². The summed E-state index contributed by atoms with van der Waals surface area (Å²) < 4.78 is 1.21. The van der Waals surface area contributed by atoms with Crippen LogP contribution in [0.4, 0.5) is 0 Å². The Morgan fingerprint density at radius 2 is 2.07 bits per heavy atom. The number of hydrogen-bond acceptors (Lipinski definition) is 2. The maximum Gasteiger partial charge on any atom is 0.0475 e. The van der Waals surface area contributed by atoms with Crippen LogP contribution >= 0.6 is 15.9 Å². The van der Waals surface area contributed by atoms with Gasteiger partial charge in [-0.3, -0.25) is 4.90 Å². The lowest BCUT2D eigenvalue weighted by Gasteiger charge is -2.15. The topological polar surface area (TPSA) is 15.3 Å². The summed E-state index contributed by atoms with van der Waals surface area (Å²) in [6.45, 7) is 2.01. The molecule has 1 aromatic carbocycles. The smallest absolute Gasteiger partial charge is 0.0475 e. The summed E-state index contributed by atoms with van der Waals surface area (Å²) in [5.74, 6) is 0. The van der Waals surface area contributed by atoms with Gasteiger partial charge in [0.2, 0.25) is 0 Å². The molecule has 0 fully saturated rings. The van der Waals surface area contributed by atoms with Gasteiger partial charge in [0.15, 0.2) is 0 Å². The first-order valence-electron chi connectivity index (χ1n) is 4.80. The Bertz CT molecular complexity index is 276. The van der Waals surface area contributed by atoms with Gasteiger partial charge in [-0.15, -0.1) is 0 Å². The molecule has 1 aromatic rings. The fourth-order valence-corrected chi connectivity index (χ4v) is 1.84. The SMILES string of the molecule is CNCN(C)CCc1ccccc1Br. The highest BCUT2D eigenvalue weighted by Crippen LogP contribution is 2.16. The van der Waals surface area contributed by atoms with Crippen molar-refractivity contribution in [2.75, 3.05) is 27.3 Å². The third-order valence-electron chi connectivity index (χ3n) is 2.15. The molecule has 2 nitrogen and oxygen atoms in total. The summed E-state index contributed by atoms with van der Waals surface area (Å²) in [5, 5.41) is 3.13. The number of nitrogens with one attached hydrogen (secondary N) is 1. The Kier molecular flexibility index (Phi) is 5.15. The number of nitrogens with zero attached hydrogens (tertiary/aromatic N) is 1. The highest BCUT2D eigenvalue weighted by molar-refractivity contribution is 9.10. The van der Waals surface area contributed by atoms with Crippen LogP contribution in [0.1, 0.15) is 5.56 Å². The van der Waals surface area contributed by atoms with Crippen LogP contribution in [0.3, 0.4) is 0 Å². The van der Waals surface area contributed by atoms with Gasteiger partial charge in [0.1, 0.15) is 0 Å². The van der Waals surface area contributed by atoms with E-state index in [4.69, 9.17) is 0 Å². The molecule has 0 saturated heterocycles. The van der Waals surface area contributed by atoms with E-state index < -0.39 is 0 Å². The zero-order chi connectivity index (χ0) is 10.4. The number of hydrogen-bond donors (Lipinski definition) is 1. The van der Waals surface area contributed by atoms with Crippen molar-refractivity contribution in [1.82, 2.24) is 10.2 Å². The quantitative estimate of drug-likeness (QED) is 0.813. The molecule has 0 bridgehead atoms. The molecule has 0 saturated carbocycles. The maximum atomic E-state index is 3.55. The molecule has 0 radical (unpaired) electrons. The normalized spacial score (nSPS) is 10.9. The van der Waals surface area contributed by atoms with Crippen LogP contribution in [0.5, 0.6) is 0 Å². The monoisotopic (exact) mass is 256 g/mol. The van der Waals surface area contributed by atoms with Crippen molar-refractivity contribution in [2.24, 2.45) is 0 Å². The first-order chi connectivity index (χ1) is 6.74. The van der Waals surface area contributed by atoms with E-state index in [1.54, 1.807) is 0 Å². The van der Waals surface area contributed by atoms with Crippen LogP contribution in [-0.4, -0.2) is 32.2 Å². The Hall–Kier alpha value is -0.380. The van der Waals surface area contributed by atoms with Gasteiger partial charge in [0.05, 0.1) is 0 Å². The fraction of sp³-hybridized carbons (Fsp3) is 0.455. The summed E-state index contributed by atoms with van der Waals surface area (Å²) in [5.41, 5.74) is 1.37. The minimum absolute atomic E-state index is 0.935. The van der Waals surface area contributed by atoms with E-state index in [9.17, 15) is 0 Å². The molecule has 0 unspecified atom stereocenters. The van der Waals surface area contributed by atoms with Crippen LogP contribution in [0.25, 0.3) is 0 Å². The Morgan fingerprint density at radius 1 is 1.36 bits per heavy atom. The second-order valence-electron chi connectivity index (χ2n) is 3.43. The molecular formula is C11H17BrN2. The van der Waals surface area contributed by atoms with E-state index in [2.05, 4.69) is 51.4 Å². The molecule has 0 aromatic heterocycles. The van der Waals surface area contributed by atoms with Crippen molar-refractivity contribution >= 4 is 15.9 Å². The van der Waals surface area contributed by atoms with Gasteiger partial charge >= 0.3 is 0 Å². The van der Waals surface area contributed by atoms with Crippen LogP contribution < -0.4 is 5.32 Å². The average molecular weight is 257 g/mol. The molecule has 0 spiro atoms. The second-order valence-corrected chi connectivity index (χ2v) is 4.29. The van der Waals surface area contributed by atoms with Gasteiger partial charge in [-0.25, -0.2) is 0 Å². The predicted octanol–water partition coefficient (Wildman–Crippen LogP) is 2.10. The standard InChI is InChI=1S/C11H17BrN2/c1-13-9-14(2)8-7-10-5-3-4-6-11(10)12/h3-6,13H,7-9H2,1-2H3. The summed E-state index contributed by atoms with van der Waals surface area (Å²) in [7, 11) is 4.09. The predicted molar refractivity (Wildman–Crippen MR) is 64.4 cm³/mol. The molecule has 0 aliphatic carbocycles. The number of benzene rings is 1. The van der Waals surface area contributed by atoms with Crippen LogP contribution in [-0.2, 0) is 6.42 Å². The van der Waals surface area contributed by atoms with Gasteiger partial charge in [0, 0.05) is 17.7 Å². The van der Waals surface area contributed by atoms with E-state index in [0.717, 1.165) is 19.6 Å². The number of rotatable bonds is 5. The van der Waals surface area contributed by atoms with Crippen molar-refractivity contribution in [3.05, 3.63) is 34.3 Å². The van der Waals surface area contributed by atoms with E-state index in [1.807, 2.05) is 13.1 Å². The van der Waals surface area contributed by atoms with Gasteiger partial charge in [-0.1, -0.05) is 34.1 Å². The van der Waals surface area contributed by atoms with E-state index in [1.165, 1.54) is 10.0 Å². The number of likely N-dealkylation sites (N-methyl/N-ethyl adjacent to an activating group) is 1. The lowest BCUT2D eigenvalue weighted by molar-refractivity contribution is 0.321. The van der Waals surface area contributed by atoms with Gasteiger partial charge in [0.25, 0.3) is 0 Å². The van der Waals surface area contributed by atoms with Gasteiger partial charge < -0.3 is 5.32 Å². The van der Waals surface area contributed by atoms with Crippen LogP contribution in [0.15, 0.2) is 28.7 Å². The van der Waals surface area contributed by atoms with E-state index >= 15 is 0 Å². The summed E-state index contributed by atoms with van der Waals surface area (Å²) in [6, 6.07) is 8.38. The Morgan fingerprint density at radius 3 is 2.71 bits per heavy atom. The minimum atomic E-state index is 0.935. The molecule has 78 valence electrons. The van der Waals surface area contributed by atoms with Crippen molar-refractivity contribution in [3.8, 4) is 0 Å². The van der Waals surface area contributed by atoms with Crippen LogP contribution in [0, 0.1) is 0 Å². The first-order valence-corrected chi connectivity index (χ1v) is 5.60. The van der Waals surface area contributed by atoms with Crippen molar-refractivity contribution in [3.63, 3.8) is 0 Å². The van der Waals surface area contributed by atoms with Gasteiger partial charge in [-0.05, 0) is 32.1 Å². The molecular weight excluding hydrogens is 240 g/mol. The first kappa shape index (κ1) is 11.7. The lowest BCUT2D eigenvalue weighted by Crippen LogP contribution is -2.30. The van der Waals surface area contributed by atoms with Gasteiger partial charge in [-0.2, -0.15) is 0 Å². The number of halogens is 1. The molecule has 0 aliphatic rings. The van der Waals surface area contributed by atoms with E-state index in [0.29, 0.717) is 0 Å². The zero-order valence-corrected chi connectivity index (χ0v) is 10.3.